The fourth-order valence-corrected chi connectivity index (χ4v) is 2.44. The zero-order valence-electron chi connectivity index (χ0n) is 15.7. The van der Waals surface area contributed by atoms with E-state index in [-0.39, 0.29) is 12.3 Å². The molecule has 0 aliphatic heterocycles. The third-order valence-corrected chi connectivity index (χ3v) is 3.79. The Hall–Kier alpha value is -3.36. The topological polar surface area (TPSA) is 84.5 Å². The normalized spacial score (nSPS) is 12.0. The lowest BCUT2D eigenvalue weighted by Crippen LogP contribution is -2.31. The number of amides is 2. The van der Waals surface area contributed by atoms with Gasteiger partial charge in [0, 0.05) is 12.6 Å². The first-order chi connectivity index (χ1) is 13.6. The summed E-state index contributed by atoms with van der Waals surface area (Å²) < 4.78 is 44.0. The van der Waals surface area contributed by atoms with Crippen LogP contribution in [0, 0.1) is 0 Å². The molecule has 0 saturated heterocycles. The standard InChI is InChI=1S/C20H19F3N2O4/c1-12(19(28)25-17-6-4-3-5-16(17)20(21,22)23)29-18(27)11-14-7-9-15(10-8-14)24-13(2)26/h3-10,12H,11H2,1-2H3,(H,24,26)(H,25,28)/t12-/m0/s1. The SMILES string of the molecule is CC(=O)Nc1ccc(CC(=O)O[C@@H](C)C(=O)Nc2ccccc2C(F)(F)F)cc1. The molecule has 0 fully saturated rings. The lowest BCUT2D eigenvalue weighted by atomic mass is 10.1. The quantitative estimate of drug-likeness (QED) is 0.713. The molecule has 0 spiro atoms. The van der Waals surface area contributed by atoms with Gasteiger partial charge in [-0.3, -0.25) is 14.4 Å². The monoisotopic (exact) mass is 408 g/mol. The van der Waals surface area contributed by atoms with Gasteiger partial charge < -0.3 is 15.4 Å². The number of nitrogens with one attached hydrogen (secondary N) is 2. The molecule has 0 bridgehead atoms. The zero-order valence-corrected chi connectivity index (χ0v) is 15.7. The Morgan fingerprint density at radius 1 is 1.00 bits per heavy atom. The van der Waals surface area contributed by atoms with Crippen LogP contribution in [0.3, 0.4) is 0 Å². The van der Waals surface area contributed by atoms with Crippen LogP contribution in [0.5, 0.6) is 0 Å². The summed E-state index contributed by atoms with van der Waals surface area (Å²) in [7, 11) is 0. The van der Waals surface area contributed by atoms with E-state index >= 15 is 0 Å². The van der Waals surface area contributed by atoms with Crippen LogP contribution in [0.25, 0.3) is 0 Å². The number of hydrogen-bond donors (Lipinski definition) is 2. The molecule has 0 heterocycles. The minimum atomic E-state index is -4.63. The Morgan fingerprint density at radius 2 is 1.62 bits per heavy atom. The molecule has 1 atom stereocenters. The lowest BCUT2D eigenvalue weighted by Gasteiger charge is -2.17. The largest absolute Gasteiger partial charge is 0.452 e. The Balaban J connectivity index is 1.94. The summed E-state index contributed by atoms with van der Waals surface area (Å²) in [6.45, 7) is 2.63. The van der Waals surface area contributed by atoms with Crippen molar-refractivity contribution in [2.24, 2.45) is 0 Å². The number of para-hydroxylation sites is 1. The first kappa shape index (κ1) is 21.9. The van der Waals surface area contributed by atoms with Gasteiger partial charge in [0.25, 0.3) is 5.91 Å². The minimum absolute atomic E-state index is 0.142. The van der Waals surface area contributed by atoms with Crippen molar-refractivity contribution in [1.82, 2.24) is 0 Å². The maximum Gasteiger partial charge on any atom is 0.418 e. The minimum Gasteiger partial charge on any atom is -0.452 e. The zero-order chi connectivity index (χ0) is 21.6. The molecule has 2 rings (SSSR count). The van der Waals surface area contributed by atoms with Crippen molar-refractivity contribution in [2.45, 2.75) is 32.5 Å². The third-order valence-electron chi connectivity index (χ3n) is 3.79. The summed E-state index contributed by atoms with van der Waals surface area (Å²) in [5, 5.41) is 4.72. The highest BCUT2D eigenvalue weighted by Gasteiger charge is 2.34. The smallest absolute Gasteiger partial charge is 0.418 e. The van der Waals surface area contributed by atoms with Crippen LogP contribution >= 0.6 is 0 Å². The number of carbonyl (C=O) groups is 3. The van der Waals surface area contributed by atoms with Crippen LogP contribution in [0.1, 0.15) is 25.0 Å². The van der Waals surface area contributed by atoms with Gasteiger partial charge in [0.2, 0.25) is 5.91 Å². The molecular formula is C20H19F3N2O4. The summed E-state index contributed by atoms with van der Waals surface area (Å²) in [6.07, 6.45) is -6.06. The number of ether oxygens (including phenoxy) is 1. The van der Waals surface area contributed by atoms with Crippen molar-refractivity contribution >= 4 is 29.2 Å². The van der Waals surface area contributed by atoms with E-state index in [0.717, 1.165) is 12.1 Å². The second kappa shape index (κ2) is 9.22. The predicted molar refractivity (Wildman–Crippen MR) is 100 cm³/mol. The highest BCUT2D eigenvalue weighted by molar-refractivity contribution is 5.96. The third kappa shape index (κ3) is 6.63. The summed E-state index contributed by atoms with van der Waals surface area (Å²) in [4.78, 5) is 35.1. The molecule has 0 aliphatic carbocycles. The number of esters is 1. The number of alkyl halides is 3. The molecule has 0 unspecified atom stereocenters. The van der Waals surface area contributed by atoms with Crippen molar-refractivity contribution in [1.29, 1.82) is 0 Å². The van der Waals surface area contributed by atoms with Gasteiger partial charge >= 0.3 is 12.1 Å². The van der Waals surface area contributed by atoms with Gasteiger partial charge in [-0.15, -0.1) is 0 Å². The van der Waals surface area contributed by atoms with Crippen molar-refractivity contribution in [3.63, 3.8) is 0 Å². The number of hydrogen-bond acceptors (Lipinski definition) is 4. The Morgan fingerprint density at radius 3 is 2.21 bits per heavy atom. The van der Waals surface area contributed by atoms with Crippen LogP contribution < -0.4 is 10.6 Å². The van der Waals surface area contributed by atoms with E-state index in [1.807, 2.05) is 0 Å². The second-order valence-electron chi connectivity index (χ2n) is 6.22. The molecule has 0 aliphatic rings. The first-order valence-electron chi connectivity index (χ1n) is 8.59. The first-order valence-corrected chi connectivity index (χ1v) is 8.59. The van der Waals surface area contributed by atoms with Gasteiger partial charge in [0.15, 0.2) is 6.10 Å². The maximum absolute atomic E-state index is 13.0. The molecule has 2 aromatic rings. The molecule has 9 heteroatoms. The molecular weight excluding hydrogens is 389 g/mol. The van der Waals surface area contributed by atoms with E-state index in [9.17, 15) is 27.6 Å². The number of carbonyl (C=O) groups excluding carboxylic acids is 3. The molecule has 29 heavy (non-hydrogen) atoms. The lowest BCUT2D eigenvalue weighted by molar-refractivity contribution is -0.152. The number of benzene rings is 2. The van der Waals surface area contributed by atoms with Crippen molar-refractivity contribution in [3.8, 4) is 0 Å². The average molecular weight is 408 g/mol. The Kier molecular flexibility index (Phi) is 6.98. The van der Waals surface area contributed by atoms with Gasteiger partial charge in [-0.1, -0.05) is 24.3 Å². The average Bonchev–Trinajstić information content (AvgIpc) is 2.62. The van der Waals surface area contributed by atoms with Crippen LogP contribution in [-0.4, -0.2) is 23.9 Å². The van der Waals surface area contributed by atoms with Gasteiger partial charge in [0.05, 0.1) is 17.7 Å². The summed E-state index contributed by atoms with van der Waals surface area (Å²) in [6, 6.07) is 10.9. The number of anilines is 2. The predicted octanol–water partition coefficient (Wildman–Crippen LogP) is 3.78. The maximum atomic E-state index is 13.0. The van der Waals surface area contributed by atoms with E-state index in [2.05, 4.69) is 10.6 Å². The van der Waals surface area contributed by atoms with Gasteiger partial charge in [-0.2, -0.15) is 13.2 Å². The molecule has 6 nitrogen and oxygen atoms in total. The van der Waals surface area contributed by atoms with E-state index < -0.39 is 35.4 Å². The van der Waals surface area contributed by atoms with Crippen LogP contribution in [0.2, 0.25) is 0 Å². The molecule has 154 valence electrons. The molecule has 2 amide bonds. The van der Waals surface area contributed by atoms with E-state index in [4.69, 9.17) is 4.74 Å². The van der Waals surface area contributed by atoms with Crippen LogP contribution in [-0.2, 0) is 31.7 Å². The molecule has 0 aromatic heterocycles. The van der Waals surface area contributed by atoms with Crippen molar-refractivity contribution in [3.05, 3.63) is 59.7 Å². The van der Waals surface area contributed by atoms with Gasteiger partial charge in [0.1, 0.15) is 0 Å². The highest BCUT2D eigenvalue weighted by atomic mass is 19.4. The molecule has 2 aromatic carbocycles. The highest BCUT2D eigenvalue weighted by Crippen LogP contribution is 2.34. The number of rotatable bonds is 6. The van der Waals surface area contributed by atoms with Crippen LogP contribution in [0.15, 0.2) is 48.5 Å². The summed E-state index contributed by atoms with van der Waals surface area (Å²) in [5.41, 5.74) is -0.266. The molecule has 0 radical (unpaired) electrons. The van der Waals surface area contributed by atoms with Gasteiger partial charge in [-0.05, 0) is 36.8 Å². The Labute approximate surface area is 165 Å². The van der Waals surface area contributed by atoms with E-state index in [1.165, 1.54) is 26.0 Å². The summed E-state index contributed by atoms with van der Waals surface area (Å²) in [5.74, 6) is -1.83. The number of halogens is 3. The fraction of sp³-hybridized carbons (Fsp3) is 0.250. The molecule has 0 saturated carbocycles. The van der Waals surface area contributed by atoms with Gasteiger partial charge in [-0.25, -0.2) is 0 Å². The summed E-state index contributed by atoms with van der Waals surface area (Å²) >= 11 is 0. The second-order valence-corrected chi connectivity index (χ2v) is 6.22. The Bertz CT molecular complexity index is 895. The van der Waals surface area contributed by atoms with E-state index in [1.54, 1.807) is 24.3 Å². The van der Waals surface area contributed by atoms with Crippen molar-refractivity contribution in [2.75, 3.05) is 10.6 Å². The van der Waals surface area contributed by atoms with Crippen molar-refractivity contribution < 1.29 is 32.3 Å². The van der Waals surface area contributed by atoms with Crippen LogP contribution in [0.4, 0.5) is 24.5 Å². The van der Waals surface area contributed by atoms with E-state index in [0.29, 0.717) is 11.3 Å². The molecule has 2 N–H and O–H groups in total. The fourth-order valence-electron chi connectivity index (χ4n) is 2.44.